The number of rotatable bonds is 3. The maximum absolute atomic E-state index is 11.8. The normalized spacial score (nSPS) is 10.4. The molecule has 0 unspecified atom stereocenters. The molecule has 1 aromatic carbocycles. The van der Waals surface area contributed by atoms with Crippen molar-refractivity contribution < 1.29 is 4.74 Å². The van der Waals surface area contributed by atoms with Crippen molar-refractivity contribution in [2.75, 3.05) is 0 Å². The second-order valence-corrected chi connectivity index (χ2v) is 4.62. The molecule has 0 aliphatic heterocycles. The highest BCUT2D eigenvalue weighted by atomic mass is 79.9. The van der Waals surface area contributed by atoms with Gasteiger partial charge in [0.25, 0.3) is 5.88 Å². The SMILES string of the molecule is Cn1ccnc(Oc2ccc(Br)cc2CN)c1=O. The van der Waals surface area contributed by atoms with Crippen LogP contribution in [0.2, 0.25) is 0 Å². The number of ether oxygens (including phenoxy) is 1. The number of halogens is 1. The van der Waals surface area contributed by atoms with E-state index in [1.807, 2.05) is 12.1 Å². The summed E-state index contributed by atoms with van der Waals surface area (Å²) in [4.78, 5) is 15.7. The second kappa shape index (κ2) is 5.32. The summed E-state index contributed by atoms with van der Waals surface area (Å²) < 4.78 is 7.83. The van der Waals surface area contributed by atoms with Gasteiger partial charge in [-0.3, -0.25) is 4.79 Å². The van der Waals surface area contributed by atoms with Crippen LogP contribution in [-0.2, 0) is 13.6 Å². The average molecular weight is 310 g/mol. The van der Waals surface area contributed by atoms with Gasteiger partial charge in [-0.1, -0.05) is 15.9 Å². The molecular formula is C12H12BrN3O2. The molecule has 2 aromatic rings. The largest absolute Gasteiger partial charge is 0.434 e. The van der Waals surface area contributed by atoms with E-state index in [0.29, 0.717) is 12.3 Å². The highest BCUT2D eigenvalue weighted by Gasteiger charge is 2.09. The fourth-order valence-corrected chi connectivity index (χ4v) is 1.86. The Morgan fingerprint density at radius 2 is 2.28 bits per heavy atom. The molecule has 2 N–H and O–H groups in total. The average Bonchev–Trinajstić information content (AvgIpc) is 2.37. The number of nitrogens with two attached hydrogens (primary N) is 1. The fraction of sp³-hybridized carbons (Fsp3) is 0.167. The first-order chi connectivity index (χ1) is 8.61. The lowest BCUT2D eigenvalue weighted by molar-refractivity contribution is 0.443. The molecule has 18 heavy (non-hydrogen) atoms. The van der Waals surface area contributed by atoms with E-state index in [1.165, 1.54) is 10.8 Å². The predicted octanol–water partition coefficient (Wildman–Crippen LogP) is 1.79. The predicted molar refractivity (Wildman–Crippen MR) is 71.6 cm³/mol. The molecule has 0 atom stereocenters. The number of aromatic nitrogens is 2. The molecule has 0 fully saturated rings. The zero-order chi connectivity index (χ0) is 13.1. The number of hydrogen-bond donors (Lipinski definition) is 1. The van der Waals surface area contributed by atoms with Crippen LogP contribution in [0, 0.1) is 0 Å². The molecule has 0 spiro atoms. The van der Waals surface area contributed by atoms with Crippen LogP contribution in [0.3, 0.4) is 0 Å². The van der Waals surface area contributed by atoms with Crippen LogP contribution in [0.15, 0.2) is 39.9 Å². The van der Waals surface area contributed by atoms with Crippen molar-refractivity contribution in [2.24, 2.45) is 12.8 Å². The van der Waals surface area contributed by atoms with Crippen molar-refractivity contribution in [3.05, 3.63) is 51.0 Å². The van der Waals surface area contributed by atoms with E-state index in [0.717, 1.165) is 10.0 Å². The number of hydrogen-bond acceptors (Lipinski definition) is 4. The van der Waals surface area contributed by atoms with Crippen molar-refractivity contribution in [2.45, 2.75) is 6.54 Å². The Hall–Kier alpha value is -1.66. The van der Waals surface area contributed by atoms with Gasteiger partial charge in [0, 0.05) is 36.0 Å². The van der Waals surface area contributed by atoms with Gasteiger partial charge < -0.3 is 15.0 Å². The minimum Gasteiger partial charge on any atom is -0.434 e. The van der Waals surface area contributed by atoms with Crippen molar-refractivity contribution in [3.8, 4) is 11.6 Å². The van der Waals surface area contributed by atoms with Gasteiger partial charge in [-0.05, 0) is 18.2 Å². The minimum atomic E-state index is -0.289. The smallest absolute Gasteiger partial charge is 0.313 e. The molecule has 0 saturated heterocycles. The lowest BCUT2D eigenvalue weighted by Crippen LogP contribution is -2.18. The van der Waals surface area contributed by atoms with E-state index >= 15 is 0 Å². The molecule has 0 saturated carbocycles. The Balaban J connectivity index is 2.40. The van der Waals surface area contributed by atoms with Crippen LogP contribution >= 0.6 is 15.9 Å². The van der Waals surface area contributed by atoms with Crippen LogP contribution in [0.1, 0.15) is 5.56 Å². The quantitative estimate of drug-likeness (QED) is 0.938. The summed E-state index contributed by atoms with van der Waals surface area (Å²) in [6, 6.07) is 5.42. The van der Waals surface area contributed by atoms with Crippen LogP contribution in [0.4, 0.5) is 0 Å². The Kier molecular flexibility index (Phi) is 3.78. The third-order valence-electron chi connectivity index (χ3n) is 2.43. The third kappa shape index (κ3) is 2.60. The Morgan fingerprint density at radius 3 is 3.00 bits per heavy atom. The topological polar surface area (TPSA) is 70.1 Å². The summed E-state index contributed by atoms with van der Waals surface area (Å²) in [5.74, 6) is 0.577. The van der Waals surface area contributed by atoms with Gasteiger partial charge in [-0.15, -0.1) is 0 Å². The Labute approximate surface area is 112 Å². The molecule has 6 heteroatoms. The molecule has 2 rings (SSSR count). The first-order valence-electron chi connectivity index (χ1n) is 5.30. The number of benzene rings is 1. The molecule has 1 heterocycles. The molecule has 0 amide bonds. The second-order valence-electron chi connectivity index (χ2n) is 3.71. The van der Waals surface area contributed by atoms with Gasteiger partial charge in [0.15, 0.2) is 0 Å². The maximum Gasteiger partial charge on any atom is 0.313 e. The summed E-state index contributed by atoms with van der Waals surface area (Å²) in [5, 5.41) is 0. The maximum atomic E-state index is 11.8. The van der Waals surface area contributed by atoms with E-state index in [4.69, 9.17) is 10.5 Å². The summed E-state index contributed by atoms with van der Waals surface area (Å²) >= 11 is 3.36. The van der Waals surface area contributed by atoms with Gasteiger partial charge >= 0.3 is 5.56 Å². The first kappa shape index (κ1) is 12.8. The fourth-order valence-electron chi connectivity index (χ4n) is 1.46. The van der Waals surface area contributed by atoms with Crippen molar-refractivity contribution in [3.63, 3.8) is 0 Å². The molecule has 0 radical (unpaired) electrons. The van der Waals surface area contributed by atoms with Gasteiger partial charge in [-0.25, -0.2) is 4.98 Å². The molecular weight excluding hydrogens is 298 g/mol. The van der Waals surface area contributed by atoms with Crippen molar-refractivity contribution >= 4 is 15.9 Å². The lowest BCUT2D eigenvalue weighted by Gasteiger charge is -2.09. The van der Waals surface area contributed by atoms with Gasteiger partial charge in [0.05, 0.1) is 0 Å². The summed E-state index contributed by atoms with van der Waals surface area (Å²) in [6.45, 7) is 0.321. The Bertz CT molecular complexity index is 625. The van der Waals surface area contributed by atoms with Crippen molar-refractivity contribution in [1.29, 1.82) is 0 Å². The Morgan fingerprint density at radius 1 is 1.50 bits per heavy atom. The van der Waals surface area contributed by atoms with E-state index in [9.17, 15) is 4.79 Å². The molecule has 5 nitrogen and oxygen atoms in total. The van der Waals surface area contributed by atoms with E-state index in [2.05, 4.69) is 20.9 Å². The standard InChI is InChI=1S/C12H12BrN3O2/c1-16-5-4-15-11(12(16)17)18-10-3-2-9(13)6-8(10)7-14/h2-6H,7,14H2,1H3. The summed E-state index contributed by atoms with van der Waals surface area (Å²) in [7, 11) is 1.64. The van der Waals surface area contributed by atoms with E-state index in [1.54, 1.807) is 19.3 Å². The van der Waals surface area contributed by atoms with Gasteiger partial charge in [0.2, 0.25) is 0 Å². The van der Waals surface area contributed by atoms with E-state index in [-0.39, 0.29) is 11.4 Å². The number of aryl methyl sites for hydroxylation is 1. The molecule has 1 aromatic heterocycles. The highest BCUT2D eigenvalue weighted by Crippen LogP contribution is 2.25. The molecule has 0 bridgehead atoms. The molecule has 0 aliphatic rings. The number of nitrogens with zero attached hydrogens (tertiary/aromatic N) is 2. The van der Waals surface area contributed by atoms with Gasteiger partial charge in [-0.2, -0.15) is 0 Å². The monoisotopic (exact) mass is 309 g/mol. The van der Waals surface area contributed by atoms with Crippen LogP contribution in [-0.4, -0.2) is 9.55 Å². The van der Waals surface area contributed by atoms with Crippen LogP contribution in [0.25, 0.3) is 0 Å². The third-order valence-corrected chi connectivity index (χ3v) is 2.93. The zero-order valence-electron chi connectivity index (χ0n) is 9.76. The minimum absolute atomic E-state index is 0.0389. The summed E-state index contributed by atoms with van der Waals surface area (Å²) in [6.07, 6.45) is 3.08. The molecule has 94 valence electrons. The van der Waals surface area contributed by atoms with Crippen LogP contribution < -0.4 is 16.0 Å². The molecule has 0 aliphatic carbocycles. The van der Waals surface area contributed by atoms with Gasteiger partial charge in [0.1, 0.15) is 5.75 Å². The highest BCUT2D eigenvalue weighted by molar-refractivity contribution is 9.10. The van der Waals surface area contributed by atoms with E-state index < -0.39 is 0 Å². The lowest BCUT2D eigenvalue weighted by atomic mass is 10.2. The first-order valence-corrected chi connectivity index (χ1v) is 6.09. The van der Waals surface area contributed by atoms with Crippen molar-refractivity contribution in [1.82, 2.24) is 9.55 Å². The zero-order valence-corrected chi connectivity index (χ0v) is 11.3. The van der Waals surface area contributed by atoms with Crippen LogP contribution in [0.5, 0.6) is 11.6 Å². The summed E-state index contributed by atoms with van der Waals surface area (Å²) in [5.41, 5.74) is 6.15.